The molecular formula is C22H23FN2O3S2. The van der Waals surface area contributed by atoms with Crippen LogP contribution in [0.1, 0.15) is 29.7 Å². The molecule has 1 N–H and O–H groups in total. The summed E-state index contributed by atoms with van der Waals surface area (Å²) < 4.78 is 41.5. The van der Waals surface area contributed by atoms with Gasteiger partial charge in [0, 0.05) is 0 Å². The molecule has 0 saturated carbocycles. The molecule has 1 atom stereocenters. The summed E-state index contributed by atoms with van der Waals surface area (Å²) in [5.41, 5.74) is 2.91. The zero-order valence-electron chi connectivity index (χ0n) is 16.9. The summed E-state index contributed by atoms with van der Waals surface area (Å²) >= 11 is 1.02. The number of carbonyl (C=O) groups is 1. The maximum atomic E-state index is 14.4. The lowest BCUT2D eigenvalue weighted by Crippen LogP contribution is -2.41. The fourth-order valence-electron chi connectivity index (χ4n) is 3.28. The maximum absolute atomic E-state index is 14.4. The zero-order valence-corrected chi connectivity index (χ0v) is 18.6. The Hall–Kier alpha value is -2.71. The van der Waals surface area contributed by atoms with Crippen molar-refractivity contribution in [3.63, 3.8) is 0 Å². The van der Waals surface area contributed by atoms with Gasteiger partial charge in [0.1, 0.15) is 16.6 Å². The summed E-state index contributed by atoms with van der Waals surface area (Å²) in [5, 5.41) is 4.45. The molecule has 1 unspecified atom stereocenters. The van der Waals surface area contributed by atoms with E-state index in [9.17, 15) is 17.6 Å². The number of para-hydroxylation sites is 1. The van der Waals surface area contributed by atoms with Crippen molar-refractivity contribution in [3.05, 3.63) is 82.5 Å². The van der Waals surface area contributed by atoms with E-state index in [0.29, 0.717) is 0 Å². The molecule has 1 aromatic heterocycles. The van der Waals surface area contributed by atoms with Gasteiger partial charge >= 0.3 is 0 Å². The number of hydrogen-bond donors (Lipinski definition) is 1. The van der Waals surface area contributed by atoms with Gasteiger partial charge in [0.2, 0.25) is 5.91 Å². The smallest absolute Gasteiger partial charge is 0.274 e. The highest BCUT2D eigenvalue weighted by Gasteiger charge is 2.30. The minimum absolute atomic E-state index is 0.0426. The van der Waals surface area contributed by atoms with Crippen molar-refractivity contribution in [2.75, 3.05) is 10.8 Å². The number of aryl methyl sites for hydroxylation is 2. The van der Waals surface area contributed by atoms with E-state index < -0.39 is 28.3 Å². The molecule has 5 nitrogen and oxygen atoms in total. The van der Waals surface area contributed by atoms with Gasteiger partial charge in [-0.3, -0.25) is 9.10 Å². The largest absolute Gasteiger partial charge is 0.348 e. The van der Waals surface area contributed by atoms with Gasteiger partial charge in [-0.2, -0.15) is 0 Å². The van der Waals surface area contributed by atoms with E-state index in [1.54, 1.807) is 11.4 Å². The number of nitrogens with one attached hydrogen (secondary N) is 1. The highest BCUT2D eigenvalue weighted by Crippen LogP contribution is 2.28. The van der Waals surface area contributed by atoms with Crippen LogP contribution in [0.25, 0.3) is 0 Å². The average molecular weight is 447 g/mol. The summed E-state index contributed by atoms with van der Waals surface area (Å²) in [6.45, 7) is 5.24. The minimum Gasteiger partial charge on any atom is -0.348 e. The van der Waals surface area contributed by atoms with Crippen LogP contribution in [0.15, 0.2) is 64.2 Å². The Balaban J connectivity index is 1.88. The Labute approximate surface area is 180 Å². The molecule has 3 rings (SSSR count). The molecule has 0 aliphatic carbocycles. The van der Waals surface area contributed by atoms with Crippen LogP contribution in [0, 0.1) is 19.7 Å². The Morgan fingerprint density at radius 2 is 1.87 bits per heavy atom. The van der Waals surface area contributed by atoms with E-state index in [1.807, 2.05) is 39.0 Å². The summed E-state index contributed by atoms with van der Waals surface area (Å²) in [6.07, 6.45) is 0. The molecule has 0 bridgehead atoms. The van der Waals surface area contributed by atoms with Gasteiger partial charge in [-0.25, -0.2) is 12.8 Å². The van der Waals surface area contributed by atoms with E-state index in [-0.39, 0.29) is 15.9 Å². The van der Waals surface area contributed by atoms with Gasteiger partial charge in [-0.1, -0.05) is 42.0 Å². The third-order valence-corrected chi connectivity index (χ3v) is 7.85. The van der Waals surface area contributed by atoms with Crippen molar-refractivity contribution in [2.24, 2.45) is 0 Å². The van der Waals surface area contributed by atoms with Gasteiger partial charge in [-0.05, 0) is 55.5 Å². The molecule has 1 amide bonds. The maximum Gasteiger partial charge on any atom is 0.274 e. The normalized spacial score (nSPS) is 12.4. The summed E-state index contributed by atoms with van der Waals surface area (Å²) in [7, 11) is -4.09. The second-order valence-electron chi connectivity index (χ2n) is 7.04. The molecule has 0 radical (unpaired) electrons. The summed E-state index contributed by atoms with van der Waals surface area (Å²) in [4.78, 5) is 12.8. The van der Waals surface area contributed by atoms with Crippen molar-refractivity contribution in [3.8, 4) is 0 Å². The Morgan fingerprint density at radius 3 is 2.50 bits per heavy atom. The fraction of sp³-hybridized carbons (Fsp3) is 0.227. The molecule has 0 spiro atoms. The van der Waals surface area contributed by atoms with Gasteiger partial charge in [0.05, 0.1) is 11.7 Å². The van der Waals surface area contributed by atoms with Crippen LogP contribution in [-0.4, -0.2) is 20.9 Å². The van der Waals surface area contributed by atoms with E-state index >= 15 is 0 Å². The first-order chi connectivity index (χ1) is 14.2. The second-order valence-corrected chi connectivity index (χ2v) is 10.1. The number of amides is 1. The van der Waals surface area contributed by atoms with Crippen molar-refractivity contribution >= 4 is 33.0 Å². The van der Waals surface area contributed by atoms with E-state index in [2.05, 4.69) is 5.32 Å². The standard InChI is InChI=1S/C22H23FN2O3S2/c1-15-10-11-18(16(2)13-15)17(3)24-21(26)14-25(20-8-5-4-7-19(20)23)30(27,28)22-9-6-12-29-22/h4-13,17H,14H2,1-3H3,(H,24,26). The Morgan fingerprint density at radius 1 is 1.13 bits per heavy atom. The highest BCUT2D eigenvalue weighted by molar-refractivity contribution is 7.94. The molecule has 8 heteroatoms. The third-order valence-electron chi connectivity index (χ3n) is 4.72. The van der Waals surface area contributed by atoms with Gasteiger partial charge in [0.15, 0.2) is 0 Å². The van der Waals surface area contributed by atoms with Crippen molar-refractivity contribution in [2.45, 2.75) is 31.0 Å². The highest BCUT2D eigenvalue weighted by atomic mass is 32.2. The number of halogens is 1. The molecule has 0 aliphatic rings. The number of rotatable bonds is 7. The van der Waals surface area contributed by atoms with E-state index in [0.717, 1.165) is 32.3 Å². The van der Waals surface area contributed by atoms with Crippen molar-refractivity contribution in [1.82, 2.24) is 5.32 Å². The molecule has 3 aromatic rings. The van der Waals surface area contributed by atoms with Crippen LogP contribution in [0.4, 0.5) is 10.1 Å². The van der Waals surface area contributed by atoms with Crippen molar-refractivity contribution in [1.29, 1.82) is 0 Å². The topological polar surface area (TPSA) is 66.5 Å². The monoisotopic (exact) mass is 446 g/mol. The zero-order chi connectivity index (χ0) is 21.9. The third kappa shape index (κ3) is 4.71. The molecule has 0 saturated heterocycles. The molecule has 0 fully saturated rings. The number of thiophene rings is 1. The van der Waals surface area contributed by atoms with Crippen LogP contribution < -0.4 is 9.62 Å². The number of sulfonamides is 1. The minimum atomic E-state index is -4.09. The predicted molar refractivity (Wildman–Crippen MR) is 118 cm³/mol. The summed E-state index contributed by atoms with van der Waals surface area (Å²) in [6, 6.07) is 14.1. The molecule has 0 aliphatic heterocycles. The number of anilines is 1. The predicted octanol–water partition coefficient (Wildman–Crippen LogP) is 4.58. The number of benzene rings is 2. The number of hydrogen-bond acceptors (Lipinski definition) is 4. The molecular weight excluding hydrogens is 423 g/mol. The van der Waals surface area contributed by atoms with Crippen molar-refractivity contribution < 1.29 is 17.6 Å². The molecule has 2 aromatic carbocycles. The molecule has 1 heterocycles. The Kier molecular flexibility index (Phi) is 6.58. The van der Waals surface area contributed by atoms with Gasteiger partial charge in [0.25, 0.3) is 10.0 Å². The van der Waals surface area contributed by atoms with Gasteiger partial charge < -0.3 is 5.32 Å². The van der Waals surface area contributed by atoms with Crippen LogP contribution >= 0.6 is 11.3 Å². The lowest BCUT2D eigenvalue weighted by atomic mass is 10.0. The first kappa shape index (κ1) is 22.0. The molecule has 30 heavy (non-hydrogen) atoms. The lowest BCUT2D eigenvalue weighted by Gasteiger charge is -2.25. The Bertz CT molecular complexity index is 1140. The number of carbonyl (C=O) groups excluding carboxylic acids is 1. The summed E-state index contributed by atoms with van der Waals surface area (Å²) in [5.74, 6) is -1.24. The first-order valence-electron chi connectivity index (χ1n) is 9.37. The van der Waals surface area contributed by atoms with Crippen LogP contribution in [0.5, 0.6) is 0 Å². The number of nitrogens with zero attached hydrogens (tertiary/aromatic N) is 1. The van der Waals surface area contributed by atoms with Gasteiger partial charge in [-0.15, -0.1) is 11.3 Å². The SMILES string of the molecule is Cc1ccc(C(C)NC(=O)CN(c2ccccc2F)S(=O)(=O)c2cccs2)c(C)c1. The van der Waals surface area contributed by atoms with E-state index in [1.165, 1.54) is 30.3 Å². The van der Waals surface area contributed by atoms with E-state index in [4.69, 9.17) is 0 Å². The molecule has 158 valence electrons. The average Bonchev–Trinajstić information content (AvgIpc) is 3.22. The fourth-order valence-corrected chi connectivity index (χ4v) is 5.81. The van der Waals surface area contributed by atoms with Crippen LogP contribution in [-0.2, 0) is 14.8 Å². The van der Waals surface area contributed by atoms with Crippen LogP contribution in [0.2, 0.25) is 0 Å². The first-order valence-corrected chi connectivity index (χ1v) is 11.7. The van der Waals surface area contributed by atoms with Crippen LogP contribution in [0.3, 0.4) is 0 Å². The quantitative estimate of drug-likeness (QED) is 0.578. The second kappa shape index (κ2) is 8.97. The lowest BCUT2D eigenvalue weighted by molar-refractivity contribution is -0.120.